The molecule has 0 radical (unpaired) electrons. The lowest BCUT2D eigenvalue weighted by atomic mass is 9.78. The summed E-state index contributed by atoms with van der Waals surface area (Å²) in [6.45, 7) is 5.49. The summed E-state index contributed by atoms with van der Waals surface area (Å²) in [7, 11) is 0. The van der Waals surface area contributed by atoms with Gasteiger partial charge in [-0.1, -0.05) is 37.6 Å². The molecule has 0 aliphatic carbocycles. The molecule has 0 spiro atoms. The van der Waals surface area contributed by atoms with Gasteiger partial charge < -0.3 is 10.8 Å². The molecule has 88 valence electrons. The molecule has 16 heavy (non-hydrogen) atoms. The first kappa shape index (κ1) is 13.0. The van der Waals surface area contributed by atoms with Crippen molar-refractivity contribution in [3.05, 3.63) is 34.3 Å². The topological polar surface area (TPSA) is 63.3 Å². The highest BCUT2D eigenvalue weighted by Gasteiger charge is 2.35. The number of aryl methyl sites for hydroxylation is 1. The average molecular weight is 242 g/mol. The molecule has 0 fully saturated rings. The normalized spacial score (nSPS) is 13.6. The second-order valence-electron chi connectivity index (χ2n) is 4.52. The standard InChI is InChI=1S/C12H16ClNO2/c1-7-4-5-8(9(13)6-7)12(2,3)10(14)11(15)16/h4-6,10H,14H2,1-3H3,(H,15,16). The molecule has 0 aromatic heterocycles. The van der Waals surface area contributed by atoms with E-state index in [0.717, 1.165) is 11.1 Å². The number of halogens is 1. The van der Waals surface area contributed by atoms with Crippen molar-refractivity contribution in [2.45, 2.75) is 32.2 Å². The van der Waals surface area contributed by atoms with Gasteiger partial charge in [0, 0.05) is 10.4 Å². The van der Waals surface area contributed by atoms with Crippen LogP contribution in [0.2, 0.25) is 5.02 Å². The van der Waals surface area contributed by atoms with Crippen LogP contribution in [0.25, 0.3) is 0 Å². The van der Waals surface area contributed by atoms with Crippen molar-refractivity contribution in [2.24, 2.45) is 5.73 Å². The van der Waals surface area contributed by atoms with E-state index in [9.17, 15) is 4.79 Å². The lowest BCUT2D eigenvalue weighted by Gasteiger charge is -2.30. The van der Waals surface area contributed by atoms with Crippen molar-refractivity contribution in [3.63, 3.8) is 0 Å². The maximum absolute atomic E-state index is 10.9. The van der Waals surface area contributed by atoms with Gasteiger partial charge in [0.05, 0.1) is 0 Å². The molecule has 0 heterocycles. The van der Waals surface area contributed by atoms with Crippen LogP contribution in [0.1, 0.15) is 25.0 Å². The Labute approximate surface area is 100 Å². The van der Waals surface area contributed by atoms with E-state index >= 15 is 0 Å². The molecule has 0 amide bonds. The first-order chi connectivity index (χ1) is 7.26. The number of rotatable bonds is 3. The third-order valence-corrected chi connectivity index (χ3v) is 3.18. The van der Waals surface area contributed by atoms with Gasteiger partial charge in [0.15, 0.2) is 0 Å². The maximum atomic E-state index is 10.9. The minimum atomic E-state index is -1.03. The summed E-state index contributed by atoms with van der Waals surface area (Å²) in [4.78, 5) is 10.9. The van der Waals surface area contributed by atoms with E-state index in [1.807, 2.05) is 25.1 Å². The number of carboxylic acid groups (broad SMARTS) is 1. The van der Waals surface area contributed by atoms with E-state index in [0.29, 0.717) is 5.02 Å². The molecule has 3 N–H and O–H groups in total. The molecule has 0 aliphatic heterocycles. The van der Waals surface area contributed by atoms with E-state index in [-0.39, 0.29) is 0 Å². The summed E-state index contributed by atoms with van der Waals surface area (Å²) < 4.78 is 0. The molecule has 1 aromatic carbocycles. The molecule has 0 saturated heterocycles. The van der Waals surface area contributed by atoms with Gasteiger partial charge in [-0.2, -0.15) is 0 Å². The van der Waals surface area contributed by atoms with Crippen LogP contribution in [0.3, 0.4) is 0 Å². The summed E-state index contributed by atoms with van der Waals surface area (Å²) in [5.74, 6) is -1.03. The van der Waals surface area contributed by atoms with Crippen LogP contribution in [0, 0.1) is 6.92 Å². The van der Waals surface area contributed by atoms with Crippen LogP contribution < -0.4 is 5.73 Å². The van der Waals surface area contributed by atoms with Gasteiger partial charge in [-0.25, -0.2) is 0 Å². The Morgan fingerprint density at radius 2 is 2.06 bits per heavy atom. The number of carboxylic acids is 1. The number of hydrogen-bond acceptors (Lipinski definition) is 2. The van der Waals surface area contributed by atoms with Crippen molar-refractivity contribution >= 4 is 17.6 Å². The van der Waals surface area contributed by atoms with Crippen molar-refractivity contribution in [3.8, 4) is 0 Å². The Bertz CT molecular complexity index is 415. The number of carbonyl (C=O) groups is 1. The van der Waals surface area contributed by atoms with Crippen LogP contribution in [-0.2, 0) is 10.2 Å². The van der Waals surface area contributed by atoms with Crippen molar-refractivity contribution in [2.75, 3.05) is 0 Å². The molecular formula is C12H16ClNO2. The number of nitrogens with two attached hydrogens (primary N) is 1. The SMILES string of the molecule is Cc1ccc(C(C)(C)C(N)C(=O)O)c(Cl)c1. The smallest absolute Gasteiger partial charge is 0.321 e. The van der Waals surface area contributed by atoms with Crippen LogP contribution in [0.4, 0.5) is 0 Å². The maximum Gasteiger partial charge on any atom is 0.321 e. The molecule has 0 saturated carbocycles. The molecular weight excluding hydrogens is 226 g/mol. The van der Waals surface area contributed by atoms with Crippen LogP contribution in [0.15, 0.2) is 18.2 Å². The van der Waals surface area contributed by atoms with Crippen LogP contribution in [-0.4, -0.2) is 17.1 Å². The summed E-state index contributed by atoms with van der Waals surface area (Å²) in [5, 5.41) is 9.51. The first-order valence-corrected chi connectivity index (χ1v) is 5.39. The molecule has 1 atom stereocenters. The predicted molar refractivity (Wildman–Crippen MR) is 64.8 cm³/mol. The lowest BCUT2D eigenvalue weighted by Crippen LogP contribution is -2.46. The first-order valence-electron chi connectivity index (χ1n) is 5.02. The Morgan fingerprint density at radius 3 is 2.50 bits per heavy atom. The van der Waals surface area contributed by atoms with Gasteiger partial charge in [0.25, 0.3) is 0 Å². The second-order valence-corrected chi connectivity index (χ2v) is 4.93. The van der Waals surface area contributed by atoms with Crippen molar-refractivity contribution < 1.29 is 9.90 Å². The number of aliphatic carboxylic acids is 1. The second kappa shape index (κ2) is 4.44. The molecule has 4 heteroatoms. The quantitative estimate of drug-likeness (QED) is 0.854. The number of hydrogen-bond donors (Lipinski definition) is 2. The fourth-order valence-corrected chi connectivity index (χ4v) is 2.10. The molecule has 1 rings (SSSR count). The van der Waals surface area contributed by atoms with Gasteiger partial charge >= 0.3 is 5.97 Å². The monoisotopic (exact) mass is 241 g/mol. The van der Waals surface area contributed by atoms with E-state index in [2.05, 4.69) is 0 Å². The largest absolute Gasteiger partial charge is 0.480 e. The third-order valence-electron chi connectivity index (χ3n) is 2.86. The zero-order valence-electron chi connectivity index (χ0n) is 9.62. The van der Waals surface area contributed by atoms with Crippen LogP contribution in [0.5, 0.6) is 0 Å². The Balaban J connectivity index is 3.21. The van der Waals surface area contributed by atoms with Gasteiger partial charge in [-0.3, -0.25) is 4.79 Å². The summed E-state index contributed by atoms with van der Waals surface area (Å²) in [5.41, 5.74) is 6.77. The Morgan fingerprint density at radius 1 is 1.50 bits per heavy atom. The minimum absolute atomic E-state index is 0.557. The van der Waals surface area contributed by atoms with Gasteiger partial charge in [0.2, 0.25) is 0 Å². The lowest BCUT2D eigenvalue weighted by molar-refractivity contribution is -0.140. The van der Waals surface area contributed by atoms with Gasteiger partial charge in [-0.15, -0.1) is 0 Å². The fourth-order valence-electron chi connectivity index (χ4n) is 1.62. The predicted octanol–water partition coefficient (Wildman–Crippen LogP) is 2.34. The average Bonchev–Trinajstić information content (AvgIpc) is 2.15. The van der Waals surface area contributed by atoms with Gasteiger partial charge in [-0.05, 0) is 24.1 Å². The zero-order valence-corrected chi connectivity index (χ0v) is 10.4. The van der Waals surface area contributed by atoms with E-state index in [1.165, 1.54) is 0 Å². The highest BCUT2D eigenvalue weighted by Crippen LogP contribution is 2.32. The summed E-state index contributed by atoms with van der Waals surface area (Å²) in [6.07, 6.45) is 0. The third kappa shape index (κ3) is 2.36. The summed E-state index contributed by atoms with van der Waals surface area (Å²) in [6, 6.07) is 4.57. The molecule has 1 unspecified atom stereocenters. The zero-order chi connectivity index (χ0) is 12.5. The van der Waals surface area contributed by atoms with E-state index in [1.54, 1.807) is 13.8 Å². The minimum Gasteiger partial charge on any atom is -0.480 e. The van der Waals surface area contributed by atoms with Crippen molar-refractivity contribution in [1.82, 2.24) is 0 Å². The molecule has 0 aliphatic rings. The fraction of sp³-hybridized carbons (Fsp3) is 0.417. The molecule has 0 bridgehead atoms. The van der Waals surface area contributed by atoms with Crippen molar-refractivity contribution in [1.29, 1.82) is 0 Å². The van der Waals surface area contributed by atoms with Crippen LogP contribution >= 0.6 is 11.6 Å². The Hall–Kier alpha value is -1.06. The number of benzene rings is 1. The summed E-state index contributed by atoms with van der Waals surface area (Å²) >= 11 is 6.11. The highest BCUT2D eigenvalue weighted by molar-refractivity contribution is 6.31. The Kier molecular flexibility index (Phi) is 3.61. The van der Waals surface area contributed by atoms with E-state index in [4.69, 9.17) is 22.4 Å². The highest BCUT2D eigenvalue weighted by atomic mass is 35.5. The van der Waals surface area contributed by atoms with E-state index < -0.39 is 17.4 Å². The van der Waals surface area contributed by atoms with Gasteiger partial charge in [0.1, 0.15) is 6.04 Å². The molecule has 3 nitrogen and oxygen atoms in total. The molecule has 1 aromatic rings.